The molecule has 0 aromatic heterocycles. The Hall–Kier alpha value is -0.530. The minimum Gasteiger partial charge on any atom is -0.652 e. The fraction of sp³-hybridized carbons (Fsp3) is 0.400. The zero-order chi connectivity index (χ0) is 10.1. The van der Waals surface area contributed by atoms with Crippen molar-refractivity contribution in [2.45, 2.75) is 12.8 Å². The van der Waals surface area contributed by atoms with Crippen LogP contribution in [0.5, 0.6) is 0 Å². The molecule has 0 saturated carbocycles. The van der Waals surface area contributed by atoms with Gasteiger partial charge in [0, 0.05) is 0 Å². The van der Waals surface area contributed by atoms with Gasteiger partial charge in [-0.15, -0.1) is 0 Å². The Morgan fingerprint density at radius 1 is 0.923 bits per heavy atom. The van der Waals surface area contributed by atoms with Crippen LogP contribution in [0, 0.1) is 0 Å². The molecule has 0 heterocycles. The van der Waals surface area contributed by atoms with Gasteiger partial charge in [0.05, 0.1) is 12.8 Å². The Balaban J connectivity index is -0.000000173. The van der Waals surface area contributed by atoms with Gasteiger partial charge in [0.15, 0.2) is 0 Å². The molecule has 0 aliphatic carbocycles. The Morgan fingerprint density at radius 3 is 1.15 bits per heavy atom. The summed E-state index contributed by atoms with van der Waals surface area (Å²) < 4.78 is 0. The van der Waals surface area contributed by atoms with Crippen molar-refractivity contribution in [1.29, 1.82) is 0 Å². The van der Waals surface area contributed by atoms with E-state index in [0.29, 0.717) is 0 Å². The van der Waals surface area contributed by atoms with Gasteiger partial charge in [-0.25, -0.2) is 0 Å². The first-order valence-corrected chi connectivity index (χ1v) is 2.67. The summed E-state index contributed by atoms with van der Waals surface area (Å²) in [5, 5.41) is 32.5. The van der Waals surface area contributed by atoms with E-state index in [1.165, 1.54) is 0 Å². The van der Waals surface area contributed by atoms with Crippen molar-refractivity contribution in [3.63, 3.8) is 0 Å². The normalized spacial score (nSPS) is 7.08. The Labute approximate surface area is 103 Å². The molecule has 0 amide bonds. The zero-order valence-electron chi connectivity index (χ0n) is 6.56. The average Bonchev–Trinajstić information content (AvgIpc) is 1.82. The molecule has 8 heteroatoms. The summed E-state index contributed by atoms with van der Waals surface area (Å²) in [5.74, 6) is -2.15. The van der Waals surface area contributed by atoms with Crippen molar-refractivity contribution in [1.82, 2.24) is 0 Å². The van der Waals surface area contributed by atoms with E-state index in [4.69, 9.17) is 25.2 Å². The third kappa shape index (κ3) is 51.5. The molecule has 0 rings (SSSR count). The fourth-order valence-corrected chi connectivity index (χ4v) is 0.214. The number of carboxylic acid groups (broad SMARTS) is 4. The topological polar surface area (TPSA) is 138 Å². The first-order valence-electron chi connectivity index (χ1n) is 2.67. The number of rotatable bonds is 3. The van der Waals surface area contributed by atoms with Crippen LogP contribution in [0.1, 0.15) is 12.8 Å². The van der Waals surface area contributed by atoms with Gasteiger partial charge in [-0.2, -0.15) is 0 Å². The molecule has 0 aromatic carbocycles. The molecular weight excluding hydrogens is 212 g/mol. The summed E-state index contributed by atoms with van der Waals surface area (Å²) in [6, 6.07) is 0. The first-order chi connectivity index (χ1) is 5.36. The summed E-state index contributed by atoms with van der Waals surface area (Å²) in [4.78, 5) is 27.6. The smallest absolute Gasteiger partial charge is 0.652 e. The second kappa shape index (κ2) is 11.5. The maximum atomic E-state index is 9.64. The predicted octanol–water partition coefficient (Wildman–Crippen LogP) is -2.89. The van der Waals surface area contributed by atoms with Gasteiger partial charge in [0.1, 0.15) is 0 Å². The second-order valence-corrected chi connectivity index (χ2v) is 1.54. The van der Waals surface area contributed by atoms with Crippen LogP contribution in [-0.4, -0.2) is 66.0 Å². The molecule has 0 spiro atoms. The van der Waals surface area contributed by atoms with Crippen molar-refractivity contribution in [2.24, 2.45) is 0 Å². The monoisotopic (exact) mass is 218 g/mol. The summed E-state index contributed by atoms with van der Waals surface area (Å²) in [6.07, 6.45) is -2.93. The molecule has 0 saturated heterocycles. The SMILES string of the molecule is O=C(O)CCC(=O)O.O=C([O-])[O-].[Ca+2]. The number of carboxylic acids is 2. The van der Waals surface area contributed by atoms with Gasteiger partial charge in [0.25, 0.3) is 0 Å². The van der Waals surface area contributed by atoms with Crippen LogP contribution in [0.4, 0.5) is 4.79 Å². The van der Waals surface area contributed by atoms with E-state index in [-0.39, 0.29) is 50.6 Å². The maximum Gasteiger partial charge on any atom is 2.00 e. The molecule has 13 heavy (non-hydrogen) atoms. The van der Waals surface area contributed by atoms with E-state index in [2.05, 4.69) is 0 Å². The van der Waals surface area contributed by atoms with E-state index >= 15 is 0 Å². The molecule has 2 N–H and O–H groups in total. The van der Waals surface area contributed by atoms with Gasteiger partial charge in [-0.1, -0.05) is 0 Å². The van der Waals surface area contributed by atoms with Crippen LogP contribution >= 0.6 is 0 Å². The summed E-state index contributed by atoms with van der Waals surface area (Å²) >= 11 is 0. The van der Waals surface area contributed by atoms with E-state index in [0.717, 1.165) is 0 Å². The van der Waals surface area contributed by atoms with Crippen molar-refractivity contribution < 1.29 is 34.8 Å². The molecule has 7 nitrogen and oxygen atoms in total. The van der Waals surface area contributed by atoms with E-state index in [1.807, 2.05) is 0 Å². The van der Waals surface area contributed by atoms with Gasteiger partial charge >= 0.3 is 49.7 Å². The second-order valence-electron chi connectivity index (χ2n) is 1.54. The van der Waals surface area contributed by atoms with Gasteiger partial charge in [-0.3, -0.25) is 9.59 Å². The third-order valence-electron chi connectivity index (χ3n) is 0.553. The van der Waals surface area contributed by atoms with Crippen LogP contribution < -0.4 is 10.2 Å². The van der Waals surface area contributed by atoms with Gasteiger partial charge in [-0.05, 0) is 6.16 Å². The summed E-state index contributed by atoms with van der Waals surface area (Å²) in [5.41, 5.74) is 0. The van der Waals surface area contributed by atoms with Crippen LogP contribution in [0.25, 0.3) is 0 Å². The first kappa shape index (κ1) is 18.3. The van der Waals surface area contributed by atoms with Crippen LogP contribution in [-0.2, 0) is 9.59 Å². The fourth-order valence-electron chi connectivity index (χ4n) is 0.214. The molecule has 70 valence electrons. The van der Waals surface area contributed by atoms with Gasteiger partial charge in [0.2, 0.25) is 0 Å². The summed E-state index contributed by atoms with van der Waals surface area (Å²) in [7, 11) is 0. The predicted molar refractivity (Wildman–Crippen MR) is 35.7 cm³/mol. The molecule has 0 fully saturated rings. The minimum absolute atomic E-state index is 0. The molecule has 0 aliphatic rings. The molecule has 0 unspecified atom stereocenters. The molecule has 0 aliphatic heterocycles. The quantitative estimate of drug-likeness (QED) is 0.484. The molecule has 0 atom stereocenters. The summed E-state index contributed by atoms with van der Waals surface area (Å²) in [6.45, 7) is 0. The van der Waals surface area contributed by atoms with Crippen molar-refractivity contribution in [3.05, 3.63) is 0 Å². The van der Waals surface area contributed by atoms with E-state index < -0.39 is 18.1 Å². The van der Waals surface area contributed by atoms with Crippen LogP contribution in [0.15, 0.2) is 0 Å². The average molecular weight is 218 g/mol. The van der Waals surface area contributed by atoms with Crippen LogP contribution in [0.3, 0.4) is 0 Å². The van der Waals surface area contributed by atoms with Gasteiger partial charge < -0.3 is 25.2 Å². The largest absolute Gasteiger partial charge is 2.00 e. The zero-order valence-corrected chi connectivity index (χ0v) is 8.77. The van der Waals surface area contributed by atoms with Crippen LogP contribution in [0.2, 0.25) is 0 Å². The Kier molecular flexibility index (Phi) is 16.1. The molecule has 0 radical (unpaired) electrons. The Bertz CT molecular complexity index is 160. The number of hydrogen-bond acceptors (Lipinski definition) is 5. The number of carbonyl (C=O) groups is 3. The Morgan fingerprint density at radius 2 is 1.08 bits per heavy atom. The van der Waals surface area contributed by atoms with Crippen molar-refractivity contribution in [3.8, 4) is 0 Å². The maximum absolute atomic E-state index is 9.64. The number of aliphatic carboxylic acids is 2. The van der Waals surface area contributed by atoms with Crippen molar-refractivity contribution >= 4 is 55.8 Å². The van der Waals surface area contributed by atoms with E-state index in [1.54, 1.807) is 0 Å². The third-order valence-corrected chi connectivity index (χ3v) is 0.553. The minimum atomic E-state index is -2.33. The number of carbonyl (C=O) groups excluding carboxylic acids is 1. The molecular formula is C5H6CaO7. The molecule has 0 bridgehead atoms. The van der Waals surface area contributed by atoms with Crippen molar-refractivity contribution in [2.75, 3.05) is 0 Å². The van der Waals surface area contributed by atoms with E-state index in [9.17, 15) is 9.59 Å². The standard InChI is InChI=1S/C4H6O4.CH2O3.Ca/c5-3(6)1-2-4(7)8;2-1(3)4;/h1-2H2,(H,5,6)(H,7,8);(H2,2,3,4);/q;;+2/p-2. The number of hydrogen-bond donors (Lipinski definition) is 2. The molecule has 0 aromatic rings.